The summed E-state index contributed by atoms with van der Waals surface area (Å²) in [6.07, 6.45) is 0.608. The van der Waals surface area contributed by atoms with E-state index < -0.39 is 5.97 Å². The van der Waals surface area contributed by atoms with Crippen molar-refractivity contribution in [1.82, 2.24) is 9.97 Å². The number of aromatic nitrogens is 2. The number of rotatable bonds is 4. The van der Waals surface area contributed by atoms with Crippen LogP contribution in [0.1, 0.15) is 23.1 Å². The first-order valence-electron chi connectivity index (χ1n) is 5.86. The van der Waals surface area contributed by atoms with Gasteiger partial charge in [-0.25, -0.2) is 14.8 Å². The van der Waals surface area contributed by atoms with Gasteiger partial charge in [-0.15, -0.1) is 0 Å². The predicted molar refractivity (Wildman–Crippen MR) is 74.8 cm³/mol. The number of halogens is 1. The van der Waals surface area contributed by atoms with Crippen molar-refractivity contribution in [3.8, 4) is 5.75 Å². The maximum atomic E-state index is 10.9. The third kappa shape index (κ3) is 3.16. The molecule has 2 rings (SSSR count). The summed E-state index contributed by atoms with van der Waals surface area (Å²) in [5.41, 5.74) is 0.294. The van der Waals surface area contributed by atoms with Gasteiger partial charge in [-0.2, -0.15) is 0 Å². The van der Waals surface area contributed by atoms with Gasteiger partial charge in [0.2, 0.25) is 0 Å². The monoisotopic (exact) mass is 293 g/mol. The Kier molecular flexibility index (Phi) is 4.05. The van der Waals surface area contributed by atoms with Crippen LogP contribution < -0.4 is 5.32 Å². The number of hydrogen-bond acceptors (Lipinski definition) is 5. The number of aromatic hydroxyl groups is 1. The van der Waals surface area contributed by atoms with Crippen molar-refractivity contribution < 1.29 is 15.0 Å². The van der Waals surface area contributed by atoms with Crippen LogP contribution in [0.4, 0.5) is 11.5 Å². The highest BCUT2D eigenvalue weighted by Crippen LogP contribution is 2.27. The average molecular weight is 294 g/mol. The number of hydrogen-bond donors (Lipinski definition) is 3. The van der Waals surface area contributed by atoms with E-state index in [1.54, 1.807) is 0 Å². The summed E-state index contributed by atoms with van der Waals surface area (Å²) in [4.78, 5) is 19.1. The van der Waals surface area contributed by atoms with Crippen molar-refractivity contribution in [3.05, 3.63) is 40.8 Å². The van der Waals surface area contributed by atoms with Crippen molar-refractivity contribution in [2.24, 2.45) is 0 Å². The SMILES string of the molecule is CCc1nc(Cl)cc(Nc2cc(C(=O)O)ccc2O)n1. The average Bonchev–Trinajstić information content (AvgIpc) is 2.40. The van der Waals surface area contributed by atoms with E-state index in [0.29, 0.717) is 18.1 Å². The minimum absolute atomic E-state index is 0.0566. The van der Waals surface area contributed by atoms with E-state index in [9.17, 15) is 9.90 Å². The van der Waals surface area contributed by atoms with Gasteiger partial charge in [0.1, 0.15) is 22.5 Å². The number of carbonyl (C=O) groups is 1. The number of phenolic OH excluding ortho intramolecular Hbond substituents is 1. The smallest absolute Gasteiger partial charge is 0.335 e. The van der Waals surface area contributed by atoms with Gasteiger partial charge in [0.05, 0.1) is 11.3 Å². The normalized spacial score (nSPS) is 10.3. The number of benzene rings is 1. The van der Waals surface area contributed by atoms with Crippen molar-refractivity contribution in [1.29, 1.82) is 0 Å². The molecule has 7 heteroatoms. The van der Waals surface area contributed by atoms with Crippen LogP contribution in [0.5, 0.6) is 5.75 Å². The van der Waals surface area contributed by atoms with E-state index in [-0.39, 0.29) is 22.2 Å². The van der Waals surface area contributed by atoms with Gasteiger partial charge >= 0.3 is 5.97 Å². The molecule has 6 nitrogen and oxygen atoms in total. The minimum Gasteiger partial charge on any atom is -0.506 e. The highest BCUT2D eigenvalue weighted by atomic mass is 35.5. The van der Waals surface area contributed by atoms with Crippen LogP contribution in [0.25, 0.3) is 0 Å². The summed E-state index contributed by atoms with van der Waals surface area (Å²) in [5, 5.41) is 21.8. The van der Waals surface area contributed by atoms with Gasteiger partial charge in [-0.05, 0) is 18.2 Å². The molecule has 0 saturated carbocycles. The molecule has 3 N–H and O–H groups in total. The Labute approximate surface area is 120 Å². The largest absolute Gasteiger partial charge is 0.506 e. The van der Waals surface area contributed by atoms with Crippen molar-refractivity contribution in [2.45, 2.75) is 13.3 Å². The lowest BCUT2D eigenvalue weighted by Gasteiger charge is -2.09. The molecule has 1 aromatic carbocycles. The number of anilines is 2. The zero-order chi connectivity index (χ0) is 14.7. The first-order valence-corrected chi connectivity index (χ1v) is 6.24. The molecule has 0 aliphatic carbocycles. The molecule has 20 heavy (non-hydrogen) atoms. The van der Waals surface area contributed by atoms with E-state index in [1.165, 1.54) is 24.3 Å². The van der Waals surface area contributed by atoms with Gasteiger partial charge in [0.15, 0.2) is 0 Å². The number of carboxylic acids is 1. The molecule has 0 bridgehead atoms. The standard InChI is InChI=1S/C13H12ClN3O3/c1-2-11-16-10(14)6-12(17-11)15-8-5-7(13(19)20)3-4-9(8)18/h3-6,18H,2H2,1H3,(H,19,20)(H,15,16,17). The number of nitrogens with one attached hydrogen (secondary N) is 1. The zero-order valence-electron chi connectivity index (χ0n) is 10.6. The molecule has 0 aliphatic rings. The second kappa shape index (κ2) is 5.75. The fourth-order valence-corrected chi connectivity index (χ4v) is 1.79. The second-order valence-electron chi connectivity index (χ2n) is 4.01. The first kappa shape index (κ1) is 14.1. The number of aryl methyl sites for hydroxylation is 1. The number of aromatic carboxylic acids is 1. The lowest BCUT2D eigenvalue weighted by Crippen LogP contribution is -2.02. The van der Waals surface area contributed by atoms with Gasteiger partial charge < -0.3 is 15.5 Å². The van der Waals surface area contributed by atoms with Crippen LogP contribution in [0.2, 0.25) is 5.15 Å². The lowest BCUT2D eigenvalue weighted by atomic mass is 10.2. The molecule has 104 valence electrons. The minimum atomic E-state index is -1.08. The van der Waals surface area contributed by atoms with E-state index in [4.69, 9.17) is 16.7 Å². The molecule has 1 heterocycles. The molecule has 0 amide bonds. The lowest BCUT2D eigenvalue weighted by molar-refractivity contribution is 0.0697. The third-order valence-electron chi connectivity index (χ3n) is 2.56. The van der Waals surface area contributed by atoms with Crippen LogP contribution in [0, 0.1) is 0 Å². The molecule has 0 aliphatic heterocycles. The fourth-order valence-electron chi connectivity index (χ4n) is 1.59. The van der Waals surface area contributed by atoms with Crippen LogP contribution in [0.15, 0.2) is 24.3 Å². The predicted octanol–water partition coefficient (Wildman–Crippen LogP) is 2.84. The summed E-state index contributed by atoms with van der Waals surface area (Å²) in [6.45, 7) is 1.89. The molecular formula is C13H12ClN3O3. The van der Waals surface area contributed by atoms with Crippen molar-refractivity contribution in [2.75, 3.05) is 5.32 Å². The number of phenols is 1. The molecule has 0 fully saturated rings. The molecule has 1 aromatic heterocycles. The van der Waals surface area contributed by atoms with Crippen molar-refractivity contribution >= 4 is 29.1 Å². The topological polar surface area (TPSA) is 95.3 Å². The van der Waals surface area contributed by atoms with Crippen LogP contribution >= 0.6 is 11.6 Å². The molecular weight excluding hydrogens is 282 g/mol. The van der Waals surface area contributed by atoms with Crippen LogP contribution in [-0.2, 0) is 6.42 Å². The highest BCUT2D eigenvalue weighted by Gasteiger charge is 2.09. The van der Waals surface area contributed by atoms with Gasteiger partial charge in [0, 0.05) is 12.5 Å². The Bertz CT molecular complexity index is 661. The van der Waals surface area contributed by atoms with Crippen molar-refractivity contribution in [3.63, 3.8) is 0 Å². The van der Waals surface area contributed by atoms with E-state index in [1.807, 2.05) is 6.92 Å². The van der Waals surface area contributed by atoms with Gasteiger partial charge in [0.25, 0.3) is 0 Å². The molecule has 0 unspecified atom stereocenters. The Morgan fingerprint density at radius 3 is 2.75 bits per heavy atom. The van der Waals surface area contributed by atoms with E-state index in [0.717, 1.165) is 0 Å². The Morgan fingerprint density at radius 2 is 2.10 bits per heavy atom. The Morgan fingerprint density at radius 1 is 1.35 bits per heavy atom. The quantitative estimate of drug-likeness (QED) is 0.592. The molecule has 0 spiro atoms. The molecule has 0 radical (unpaired) electrons. The highest BCUT2D eigenvalue weighted by molar-refractivity contribution is 6.29. The second-order valence-corrected chi connectivity index (χ2v) is 4.40. The number of nitrogens with zero attached hydrogens (tertiary/aromatic N) is 2. The molecule has 2 aromatic rings. The van der Waals surface area contributed by atoms with Gasteiger partial charge in [-0.3, -0.25) is 0 Å². The summed E-state index contributed by atoms with van der Waals surface area (Å²) in [6, 6.07) is 5.43. The summed E-state index contributed by atoms with van der Waals surface area (Å²) in [7, 11) is 0. The van der Waals surface area contributed by atoms with Crippen LogP contribution in [0.3, 0.4) is 0 Å². The van der Waals surface area contributed by atoms with Gasteiger partial charge in [-0.1, -0.05) is 18.5 Å². The molecule has 0 saturated heterocycles. The Hall–Kier alpha value is -2.34. The first-order chi connectivity index (χ1) is 9.49. The third-order valence-corrected chi connectivity index (χ3v) is 2.76. The maximum Gasteiger partial charge on any atom is 0.335 e. The Balaban J connectivity index is 2.36. The number of carboxylic acid groups (broad SMARTS) is 1. The summed E-state index contributed by atoms with van der Waals surface area (Å²) in [5.74, 6) is -0.223. The molecule has 0 atom stereocenters. The van der Waals surface area contributed by atoms with E-state index >= 15 is 0 Å². The van der Waals surface area contributed by atoms with E-state index in [2.05, 4.69) is 15.3 Å². The maximum absolute atomic E-state index is 10.9. The summed E-state index contributed by atoms with van der Waals surface area (Å²) < 4.78 is 0. The summed E-state index contributed by atoms with van der Waals surface area (Å²) >= 11 is 5.87. The fraction of sp³-hybridized carbons (Fsp3) is 0.154. The van der Waals surface area contributed by atoms with Crippen LogP contribution in [-0.4, -0.2) is 26.2 Å². The zero-order valence-corrected chi connectivity index (χ0v) is 11.3.